The molecule has 0 saturated carbocycles. The number of nitrogens with zero attached hydrogens (tertiary/aromatic N) is 4. The van der Waals surface area contributed by atoms with Gasteiger partial charge in [0.05, 0.1) is 6.20 Å². The van der Waals surface area contributed by atoms with Gasteiger partial charge in [-0.25, -0.2) is 9.37 Å². The lowest BCUT2D eigenvalue weighted by molar-refractivity contribution is 0.0252. The van der Waals surface area contributed by atoms with E-state index in [2.05, 4.69) is 35.7 Å². The molecule has 4 heterocycles. The van der Waals surface area contributed by atoms with Crippen molar-refractivity contribution in [2.75, 3.05) is 36.9 Å². The van der Waals surface area contributed by atoms with E-state index in [0.717, 1.165) is 68.9 Å². The highest BCUT2D eigenvalue weighted by Gasteiger charge is 2.28. The third-order valence-electron chi connectivity index (χ3n) is 6.95. The number of anilines is 4. The van der Waals surface area contributed by atoms with Gasteiger partial charge >= 0.3 is 0 Å². The molecule has 35 heavy (non-hydrogen) atoms. The van der Waals surface area contributed by atoms with Crippen LogP contribution in [0.3, 0.4) is 0 Å². The highest BCUT2D eigenvalue weighted by Crippen LogP contribution is 2.37. The van der Waals surface area contributed by atoms with Gasteiger partial charge in [-0.2, -0.15) is 10.1 Å². The monoisotopic (exact) mass is 499 g/mol. The van der Waals surface area contributed by atoms with Crippen molar-refractivity contribution in [3.63, 3.8) is 0 Å². The Kier molecular flexibility index (Phi) is 7.17. The summed E-state index contributed by atoms with van der Waals surface area (Å²) >= 11 is 6.32. The summed E-state index contributed by atoms with van der Waals surface area (Å²) < 4.78 is 20.2. The normalized spacial score (nSPS) is 18.1. The molecule has 0 amide bonds. The molecule has 0 aliphatic carbocycles. The van der Waals surface area contributed by atoms with Gasteiger partial charge in [0.15, 0.2) is 11.6 Å². The zero-order valence-electron chi connectivity index (χ0n) is 20.1. The highest BCUT2D eigenvalue weighted by molar-refractivity contribution is 6.32. The van der Waals surface area contributed by atoms with E-state index in [1.54, 1.807) is 19.2 Å². The fraction of sp³-hybridized carbons (Fsp3) is 0.480. The van der Waals surface area contributed by atoms with Gasteiger partial charge in [-0.3, -0.25) is 5.10 Å². The number of hydrogen-bond donors (Lipinski definition) is 3. The molecule has 2 saturated heterocycles. The molecule has 186 valence electrons. The van der Waals surface area contributed by atoms with Crippen molar-refractivity contribution in [2.45, 2.75) is 51.5 Å². The average molecular weight is 500 g/mol. The first-order chi connectivity index (χ1) is 17.0. The van der Waals surface area contributed by atoms with Crippen LogP contribution < -0.4 is 10.6 Å². The minimum absolute atomic E-state index is 0.189. The van der Waals surface area contributed by atoms with Crippen LogP contribution in [0.4, 0.5) is 27.7 Å². The summed E-state index contributed by atoms with van der Waals surface area (Å²) in [5.41, 5.74) is 3.30. The fourth-order valence-corrected chi connectivity index (χ4v) is 5.15. The Morgan fingerprint density at radius 3 is 2.57 bits per heavy atom. The number of aryl methyl sites for hydroxylation is 2. The lowest BCUT2D eigenvalue weighted by Gasteiger charge is -2.39. The van der Waals surface area contributed by atoms with Crippen LogP contribution in [-0.4, -0.2) is 57.4 Å². The molecule has 5 rings (SSSR count). The maximum Gasteiger partial charge on any atom is 0.229 e. The summed E-state index contributed by atoms with van der Waals surface area (Å²) in [6.07, 6.45) is 5.71. The summed E-state index contributed by atoms with van der Waals surface area (Å²) in [4.78, 5) is 11.5. The molecule has 8 nitrogen and oxygen atoms in total. The Bertz CT molecular complexity index is 1170. The Morgan fingerprint density at radius 1 is 1.09 bits per heavy atom. The van der Waals surface area contributed by atoms with Gasteiger partial charge in [0.2, 0.25) is 5.95 Å². The number of halogens is 2. The van der Waals surface area contributed by atoms with E-state index in [1.807, 2.05) is 19.1 Å². The van der Waals surface area contributed by atoms with Gasteiger partial charge in [-0.15, -0.1) is 0 Å². The van der Waals surface area contributed by atoms with Crippen molar-refractivity contribution >= 4 is 34.9 Å². The minimum atomic E-state index is -0.189. The number of hydrogen-bond acceptors (Lipinski definition) is 7. The van der Waals surface area contributed by atoms with Crippen LogP contribution in [0.5, 0.6) is 0 Å². The number of ether oxygens (including phenoxy) is 1. The van der Waals surface area contributed by atoms with E-state index in [1.165, 1.54) is 0 Å². The molecule has 2 fully saturated rings. The maximum atomic E-state index is 14.7. The quantitative estimate of drug-likeness (QED) is 0.415. The van der Waals surface area contributed by atoms with E-state index in [4.69, 9.17) is 16.3 Å². The zero-order chi connectivity index (χ0) is 24.4. The lowest BCUT2D eigenvalue weighted by Crippen LogP contribution is -2.43. The SMILES string of the molecule is Cc1cc(Nc2nc(Nc3cc(C)c(F)cc3C3CCN(C4CCOCC4)CC3)ncc2Cl)n[nH]1. The number of aromatic amines is 1. The molecular weight excluding hydrogens is 469 g/mol. The number of nitrogens with one attached hydrogen (secondary N) is 3. The van der Waals surface area contributed by atoms with Crippen LogP contribution in [0.25, 0.3) is 0 Å². The third kappa shape index (κ3) is 5.58. The molecule has 2 aliphatic heterocycles. The minimum Gasteiger partial charge on any atom is -0.381 e. The first-order valence-corrected chi connectivity index (χ1v) is 12.5. The van der Waals surface area contributed by atoms with Gasteiger partial charge in [0.25, 0.3) is 0 Å². The van der Waals surface area contributed by atoms with Crippen LogP contribution in [-0.2, 0) is 4.74 Å². The first-order valence-electron chi connectivity index (χ1n) is 12.2. The molecule has 10 heteroatoms. The van der Waals surface area contributed by atoms with Crippen molar-refractivity contribution < 1.29 is 9.13 Å². The molecule has 3 aromatic rings. The summed E-state index contributed by atoms with van der Waals surface area (Å²) in [5, 5.41) is 13.9. The van der Waals surface area contributed by atoms with Crippen molar-refractivity contribution in [3.05, 3.63) is 52.1 Å². The molecule has 0 radical (unpaired) electrons. The second kappa shape index (κ2) is 10.5. The van der Waals surface area contributed by atoms with Crippen LogP contribution in [0.1, 0.15) is 48.4 Å². The fourth-order valence-electron chi connectivity index (χ4n) is 5.01. The molecule has 2 aromatic heterocycles. The summed E-state index contributed by atoms with van der Waals surface area (Å²) in [5.74, 6) is 1.52. The van der Waals surface area contributed by atoms with Gasteiger partial charge in [-0.05, 0) is 81.8 Å². The zero-order valence-corrected chi connectivity index (χ0v) is 20.8. The Labute approximate surface area is 209 Å². The van der Waals surface area contributed by atoms with Gasteiger partial charge in [0.1, 0.15) is 10.8 Å². The van der Waals surface area contributed by atoms with Crippen molar-refractivity contribution in [1.82, 2.24) is 25.1 Å². The molecular formula is C25H31ClFN7O. The van der Waals surface area contributed by atoms with Crippen LogP contribution >= 0.6 is 11.6 Å². The maximum absolute atomic E-state index is 14.7. The number of H-pyrrole nitrogens is 1. The van der Waals surface area contributed by atoms with E-state index >= 15 is 0 Å². The van der Waals surface area contributed by atoms with E-state index in [0.29, 0.717) is 34.2 Å². The number of rotatable bonds is 6. The van der Waals surface area contributed by atoms with E-state index in [9.17, 15) is 4.39 Å². The van der Waals surface area contributed by atoms with Gasteiger partial charge < -0.3 is 20.3 Å². The van der Waals surface area contributed by atoms with Gasteiger partial charge in [-0.1, -0.05) is 11.6 Å². The van der Waals surface area contributed by atoms with Crippen molar-refractivity contribution in [3.8, 4) is 0 Å². The smallest absolute Gasteiger partial charge is 0.229 e. The third-order valence-corrected chi connectivity index (χ3v) is 7.23. The molecule has 1 aromatic carbocycles. The Morgan fingerprint density at radius 2 is 1.86 bits per heavy atom. The lowest BCUT2D eigenvalue weighted by atomic mass is 9.86. The number of aromatic nitrogens is 4. The summed E-state index contributed by atoms with van der Waals surface area (Å²) in [7, 11) is 0. The second-order valence-electron chi connectivity index (χ2n) is 9.42. The summed E-state index contributed by atoms with van der Waals surface area (Å²) in [6.45, 7) is 7.41. The average Bonchev–Trinajstić information content (AvgIpc) is 3.28. The molecule has 2 aliphatic rings. The van der Waals surface area contributed by atoms with Crippen LogP contribution in [0, 0.1) is 19.7 Å². The second-order valence-corrected chi connectivity index (χ2v) is 9.83. The van der Waals surface area contributed by atoms with E-state index < -0.39 is 0 Å². The van der Waals surface area contributed by atoms with Crippen molar-refractivity contribution in [1.29, 1.82) is 0 Å². The highest BCUT2D eigenvalue weighted by atomic mass is 35.5. The molecule has 0 unspecified atom stereocenters. The number of likely N-dealkylation sites (tertiary alicyclic amines) is 1. The Balaban J connectivity index is 1.34. The number of benzene rings is 1. The van der Waals surface area contributed by atoms with Crippen LogP contribution in [0.15, 0.2) is 24.4 Å². The summed E-state index contributed by atoms with van der Waals surface area (Å²) in [6, 6.07) is 5.98. The molecule has 3 N–H and O–H groups in total. The van der Waals surface area contributed by atoms with Crippen molar-refractivity contribution in [2.24, 2.45) is 0 Å². The molecule has 0 atom stereocenters. The predicted octanol–water partition coefficient (Wildman–Crippen LogP) is 5.45. The number of piperidine rings is 1. The van der Waals surface area contributed by atoms with E-state index in [-0.39, 0.29) is 11.7 Å². The topological polar surface area (TPSA) is 91.0 Å². The van der Waals surface area contributed by atoms with Crippen LogP contribution in [0.2, 0.25) is 5.02 Å². The Hall–Kier alpha value is -2.75. The standard InChI is InChI=1S/C25H31ClFN7O/c1-15-11-22(29-25-28-14-20(26)24(31-25)30-23-12-16(2)32-33-23)19(13-21(15)27)17-3-7-34(8-4-17)18-5-9-35-10-6-18/h11-14,17-18H,3-10H2,1-2H3,(H3,28,29,30,31,32,33). The molecule has 0 bridgehead atoms. The van der Waals surface area contributed by atoms with Gasteiger partial charge in [0, 0.05) is 36.7 Å². The first kappa shape index (κ1) is 24.0. The molecule has 0 spiro atoms. The predicted molar refractivity (Wildman–Crippen MR) is 135 cm³/mol. The largest absolute Gasteiger partial charge is 0.381 e.